The summed E-state index contributed by atoms with van der Waals surface area (Å²) < 4.78 is 4.72. The molecule has 0 fully saturated rings. The molecule has 3 nitrogen and oxygen atoms in total. The van der Waals surface area contributed by atoms with Gasteiger partial charge in [-0.25, -0.2) is 0 Å². The fraction of sp³-hybridized carbons (Fsp3) is 0.400. The van der Waals surface area contributed by atoms with Gasteiger partial charge in [-0.3, -0.25) is 0 Å². The molecular weight excluding hydrogens is 232 g/mol. The Morgan fingerprint density at radius 3 is 2.53 bits per heavy atom. The summed E-state index contributed by atoms with van der Waals surface area (Å²) in [5, 5.41) is 3.85. The van der Waals surface area contributed by atoms with Crippen molar-refractivity contribution in [3.8, 4) is 10.7 Å². The van der Waals surface area contributed by atoms with Gasteiger partial charge >= 0.3 is 5.35 Å². The van der Waals surface area contributed by atoms with Crippen LogP contribution in [0.5, 0.6) is 0 Å². The highest BCUT2D eigenvalue weighted by molar-refractivity contribution is 7.15. The van der Waals surface area contributed by atoms with Crippen LogP contribution in [0.3, 0.4) is 0 Å². The second-order valence-electron chi connectivity index (χ2n) is 4.28. The Bertz CT molecular complexity index is 470. The highest BCUT2D eigenvalue weighted by atomic mass is 35.5. The topological polar surface area (TPSA) is 38.9 Å². The lowest BCUT2D eigenvalue weighted by Crippen LogP contribution is -2.07. The molecule has 0 aliphatic rings. The van der Waals surface area contributed by atoms with Crippen LogP contribution in [0.2, 0.25) is 5.35 Å². The highest BCUT2D eigenvalue weighted by Gasteiger charge is 2.18. The fourth-order valence-corrected chi connectivity index (χ4v) is 2.27. The van der Waals surface area contributed by atoms with Crippen molar-refractivity contribution in [2.24, 2.45) is 0 Å². The fourth-order valence-electron chi connectivity index (χ4n) is 1.17. The molecule has 0 radical (unpaired) electrons. The molecule has 2 rings (SSSR count). The van der Waals surface area contributed by atoms with Crippen LogP contribution in [-0.4, -0.2) is 10.1 Å². The van der Waals surface area contributed by atoms with Crippen LogP contribution >= 0.6 is 22.9 Å². The van der Waals surface area contributed by atoms with Crippen LogP contribution in [0.15, 0.2) is 16.7 Å². The van der Waals surface area contributed by atoms with Crippen molar-refractivity contribution >= 4 is 22.9 Å². The van der Waals surface area contributed by atoms with Crippen LogP contribution in [0.25, 0.3) is 10.7 Å². The first-order valence-electron chi connectivity index (χ1n) is 4.57. The van der Waals surface area contributed by atoms with Gasteiger partial charge < -0.3 is 4.52 Å². The lowest BCUT2D eigenvalue weighted by atomic mass is 9.95. The summed E-state index contributed by atoms with van der Waals surface area (Å²) >= 11 is 7.23. The summed E-state index contributed by atoms with van der Waals surface area (Å²) in [7, 11) is 0. The molecule has 2 heterocycles. The third-order valence-corrected chi connectivity index (χ3v) is 3.63. The Labute approximate surface area is 97.1 Å². The number of thiophene rings is 1. The molecule has 0 aromatic carbocycles. The summed E-state index contributed by atoms with van der Waals surface area (Å²) in [6.07, 6.45) is 0. The molecule has 0 aliphatic heterocycles. The normalized spacial score (nSPS) is 12.0. The summed E-state index contributed by atoms with van der Waals surface area (Å²) in [5.41, 5.74) is 0.149. The van der Waals surface area contributed by atoms with E-state index in [1.807, 2.05) is 6.07 Å². The molecule has 0 unspecified atom stereocenters. The molecule has 0 atom stereocenters. The average molecular weight is 243 g/mol. The molecule has 0 N–H and O–H groups in total. The predicted octanol–water partition coefficient (Wildman–Crippen LogP) is 3.75. The number of nitrogens with zero attached hydrogens (tertiary/aromatic N) is 2. The zero-order chi connectivity index (χ0) is 11.1. The van der Waals surface area contributed by atoms with Crippen molar-refractivity contribution in [1.82, 2.24) is 10.1 Å². The van der Waals surface area contributed by atoms with Crippen molar-refractivity contribution in [1.29, 1.82) is 0 Å². The van der Waals surface area contributed by atoms with Crippen LogP contribution in [0.4, 0.5) is 0 Å². The lowest BCUT2D eigenvalue weighted by Gasteiger charge is -2.14. The van der Waals surface area contributed by atoms with E-state index in [2.05, 4.69) is 37.0 Å². The van der Waals surface area contributed by atoms with E-state index in [0.717, 1.165) is 4.88 Å². The maximum Gasteiger partial charge on any atom is 0.320 e. The zero-order valence-corrected chi connectivity index (χ0v) is 10.3. The summed E-state index contributed by atoms with van der Waals surface area (Å²) in [5.74, 6) is 0.556. The van der Waals surface area contributed by atoms with E-state index < -0.39 is 0 Å². The lowest BCUT2D eigenvalue weighted by molar-refractivity contribution is 0.421. The second kappa shape index (κ2) is 3.61. The van der Waals surface area contributed by atoms with Gasteiger partial charge in [-0.05, 0) is 29.1 Å². The maximum absolute atomic E-state index is 5.57. The molecule has 5 heteroatoms. The van der Waals surface area contributed by atoms with Gasteiger partial charge in [-0.15, -0.1) is 11.3 Å². The number of rotatable bonds is 1. The average Bonchev–Trinajstić information content (AvgIpc) is 2.69. The molecule has 15 heavy (non-hydrogen) atoms. The first-order chi connectivity index (χ1) is 6.97. The summed E-state index contributed by atoms with van der Waals surface area (Å²) in [4.78, 5) is 6.25. The smallest absolute Gasteiger partial charge is 0.320 e. The standard InChI is InChI=1S/C10H11ClN2OS/c1-10(2,3)7-5-4-6(15-7)8-12-9(11)14-13-8/h4-5H,1-3H3. The van der Waals surface area contributed by atoms with Crippen LogP contribution in [0, 0.1) is 0 Å². The number of hydrogen-bond donors (Lipinski definition) is 0. The maximum atomic E-state index is 5.57. The van der Waals surface area contributed by atoms with Crippen molar-refractivity contribution < 1.29 is 4.52 Å². The molecule has 2 aromatic rings. The predicted molar refractivity (Wildman–Crippen MR) is 61.3 cm³/mol. The molecule has 0 amide bonds. The van der Waals surface area contributed by atoms with E-state index in [-0.39, 0.29) is 10.8 Å². The van der Waals surface area contributed by atoms with Gasteiger partial charge in [-0.2, -0.15) is 4.98 Å². The molecule has 80 valence electrons. The molecule has 0 saturated carbocycles. The monoisotopic (exact) mass is 242 g/mol. The van der Waals surface area contributed by atoms with Gasteiger partial charge in [0.25, 0.3) is 0 Å². The minimum Gasteiger partial charge on any atom is -0.321 e. The van der Waals surface area contributed by atoms with Gasteiger partial charge in [0.1, 0.15) is 0 Å². The van der Waals surface area contributed by atoms with Crippen molar-refractivity contribution in [3.63, 3.8) is 0 Å². The zero-order valence-electron chi connectivity index (χ0n) is 8.74. The van der Waals surface area contributed by atoms with Crippen molar-refractivity contribution in [3.05, 3.63) is 22.4 Å². The molecule has 0 saturated heterocycles. The van der Waals surface area contributed by atoms with Gasteiger partial charge in [0, 0.05) is 4.88 Å². The number of hydrogen-bond acceptors (Lipinski definition) is 4. The van der Waals surface area contributed by atoms with Crippen LogP contribution in [-0.2, 0) is 5.41 Å². The molecular formula is C10H11ClN2OS. The van der Waals surface area contributed by atoms with Crippen LogP contribution in [0.1, 0.15) is 25.6 Å². The van der Waals surface area contributed by atoms with E-state index in [0.29, 0.717) is 5.82 Å². The second-order valence-corrected chi connectivity index (χ2v) is 5.69. The highest BCUT2D eigenvalue weighted by Crippen LogP contribution is 2.33. The Balaban J connectivity index is 2.36. The molecule has 0 aliphatic carbocycles. The van der Waals surface area contributed by atoms with Gasteiger partial charge in [0.15, 0.2) is 0 Å². The Kier molecular flexibility index (Phi) is 2.56. The Hall–Kier alpha value is -0.870. The summed E-state index contributed by atoms with van der Waals surface area (Å²) in [6, 6.07) is 4.08. The SMILES string of the molecule is CC(C)(C)c1ccc(-c2noc(Cl)n2)s1. The number of halogens is 1. The largest absolute Gasteiger partial charge is 0.321 e. The van der Waals surface area contributed by atoms with E-state index >= 15 is 0 Å². The number of aromatic nitrogens is 2. The van der Waals surface area contributed by atoms with Crippen molar-refractivity contribution in [2.45, 2.75) is 26.2 Å². The third kappa shape index (κ3) is 2.21. The van der Waals surface area contributed by atoms with E-state index in [1.54, 1.807) is 11.3 Å². The molecule has 2 aromatic heterocycles. The third-order valence-electron chi connectivity index (χ3n) is 1.97. The quantitative estimate of drug-likeness (QED) is 0.765. The van der Waals surface area contributed by atoms with Crippen molar-refractivity contribution in [2.75, 3.05) is 0 Å². The van der Waals surface area contributed by atoms with E-state index in [4.69, 9.17) is 16.1 Å². The first kappa shape index (κ1) is 10.6. The van der Waals surface area contributed by atoms with E-state index in [1.165, 1.54) is 4.88 Å². The van der Waals surface area contributed by atoms with Gasteiger partial charge in [0.2, 0.25) is 5.82 Å². The minimum atomic E-state index is 0.0794. The summed E-state index contributed by atoms with van der Waals surface area (Å²) in [6.45, 7) is 6.52. The van der Waals surface area contributed by atoms with Gasteiger partial charge in [-0.1, -0.05) is 25.9 Å². The molecule has 0 bridgehead atoms. The van der Waals surface area contributed by atoms with E-state index in [9.17, 15) is 0 Å². The first-order valence-corrected chi connectivity index (χ1v) is 5.76. The Morgan fingerprint density at radius 1 is 1.33 bits per heavy atom. The minimum absolute atomic E-state index is 0.0794. The Morgan fingerprint density at radius 2 is 2.07 bits per heavy atom. The van der Waals surface area contributed by atoms with Crippen LogP contribution < -0.4 is 0 Å². The van der Waals surface area contributed by atoms with Gasteiger partial charge in [0.05, 0.1) is 4.88 Å². The molecule has 0 spiro atoms.